The Morgan fingerprint density at radius 3 is 2.52 bits per heavy atom. The van der Waals surface area contributed by atoms with Crippen LogP contribution in [-0.2, 0) is 11.2 Å². The molecule has 0 bridgehead atoms. The molecule has 1 aromatic heterocycles. The molecule has 1 atom stereocenters. The van der Waals surface area contributed by atoms with Crippen LogP contribution >= 0.6 is 0 Å². The molecule has 0 fully saturated rings. The van der Waals surface area contributed by atoms with Crippen LogP contribution in [0.4, 0.5) is 0 Å². The second kappa shape index (κ2) is 8.82. The van der Waals surface area contributed by atoms with E-state index in [1.54, 1.807) is 12.1 Å². The van der Waals surface area contributed by atoms with Crippen LogP contribution < -0.4 is 15.8 Å². The van der Waals surface area contributed by atoms with E-state index in [9.17, 15) is 9.59 Å². The fourth-order valence-electron chi connectivity index (χ4n) is 2.42. The Kier molecular flexibility index (Phi) is 6.51. The molecule has 3 N–H and O–H groups in total. The number of hydrogen-bond acceptors (Lipinski definition) is 4. The van der Waals surface area contributed by atoms with Gasteiger partial charge < -0.3 is 15.8 Å². The zero-order valence-electron chi connectivity index (χ0n) is 14.5. The maximum atomic E-state index is 12.2. The zero-order chi connectivity index (χ0) is 18.2. The maximum absolute atomic E-state index is 12.2. The summed E-state index contributed by atoms with van der Waals surface area (Å²) in [5, 5.41) is 2.73. The first-order valence-corrected chi connectivity index (χ1v) is 8.22. The van der Waals surface area contributed by atoms with Crippen molar-refractivity contribution in [1.82, 2.24) is 10.3 Å². The Morgan fingerprint density at radius 1 is 1.20 bits per heavy atom. The average Bonchev–Trinajstić information content (AvgIpc) is 2.59. The van der Waals surface area contributed by atoms with E-state index >= 15 is 0 Å². The molecule has 0 aliphatic carbocycles. The van der Waals surface area contributed by atoms with Crippen molar-refractivity contribution in [3.05, 3.63) is 59.4 Å². The number of nitrogens with two attached hydrogens (primary N) is 1. The molecule has 6 heteroatoms. The summed E-state index contributed by atoms with van der Waals surface area (Å²) in [5.41, 5.74) is 7.52. The van der Waals surface area contributed by atoms with Gasteiger partial charge in [0.15, 0.2) is 0 Å². The molecule has 2 amide bonds. The number of hydrogen-bond donors (Lipinski definition) is 2. The number of pyridine rings is 1. The van der Waals surface area contributed by atoms with Gasteiger partial charge in [-0.05, 0) is 50.1 Å². The summed E-state index contributed by atoms with van der Waals surface area (Å²) in [6.45, 7) is 4.50. The van der Waals surface area contributed by atoms with Crippen LogP contribution in [0.1, 0.15) is 28.7 Å². The smallest absolute Gasteiger partial charge is 0.269 e. The third-order valence-corrected chi connectivity index (χ3v) is 3.75. The molecule has 6 nitrogen and oxygen atoms in total. The highest BCUT2D eigenvalue weighted by molar-refractivity contribution is 5.92. The molecule has 0 saturated heterocycles. The second-order valence-corrected chi connectivity index (χ2v) is 5.75. The molecule has 1 aromatic carbocycles. The van der Waals surface area contributed by atoms with Gasteiger partial charge in [-0.3, -0.25) is 9.59 Å². The van der Waals surface area contributed by atoms with Crippen molar-refractivity contribution in [2.45, 2.75) is 20.3 Å². The van der Waals surface area contributed by atoms with E-state index in [1.807, 2.05) is 44.2 Å². The number of carbonyl (C=O) groups excluding carboxylic acids is 2. The number of carbonyl (C=O) groups is 2. The molecule has 0 saturated carbocycles. The predicted molar refractivity (Wildman–Crippen MR) is 95.3 cm³/mol. The van der Waals surface area contributed by atoms with Gasteiger partial charge in [0.1, 0.15) is 11.4 Å². The molecule has 0 aliphatic rings. The minimum Gasteiger partial charge on any atom is -0.494 e. The molecule has 25 heavy (non-hydrogen) atoms. The highest BCUT2D eigenvalue weighted by Gasteiger charge is 2.18. The fourth-order valence-corrected chi connectivity index (χ4v) is 2.42. The molecule has 1 unspecified atom stereocenters. The number of rotatable bonds is 8. The van der Waals surface area contributed by atoms with E-state index < -0.39 is 11.8 Å². The van der Waals surface area contributed by atoms with E-state index in [-0.39, 0.29) is 12.5 Å². The van der Waals surface area contributed by atoms with Crippen LogP contribution in [0.5, 0.6) is 5.75 Å². The molecule has 0 spiro atoms. The first-order chi connectivity index (χ1) is 12.0. The van der Waals surface area contributed by atoms with Gasteiger partial charge in [0.2, 0.25) is 5.91 Å². The maximum Gasteiger partial charge on any atom is 0.269 e. The summed E-state index contributed by atoms with van der Waals surface area (Å²) in [7, 11) is 0. The molecule has 2 rings (SSSR count). The van der Waals surface area contributed by atoms with E-state index in [0.717, 1.165) is 17.0 Å². The number of nitrogens with zero attached hydrogens (tertiary/aromatic N) is 1. The molecule has 132 valence electrons. The SMILES string of the molecule is CCOc1ccc(CC(CNC(=O)c2cccc(C)n2)C(N)=O)cc1. The van der Waals surface area contributed by atoms with Crippen LogP contribution in [0.25, 0.3) is 0 Å². The summed E-state index contributed by atoms with van der Waals surface area (Å²) in [6, 6.07) is 12.7. The summed E-state index contributed by atoms with van der Waals surface area (Å²) in [6.07, 6.45) is 0.448. The topological polar surface area (TPSA) is 94.3 Å². The number of ether oxygens (including phenoxy) is 1. The van der Waals surface area contributed by atoms with Crippen molar-refractivity contribution in [1.29, 1.82) is 0 Å². The van der Waals surface area contributed by atoms with Crippen LogP contribution in [0.15, 0.2) is 42.5 Å². The third kappa shape index (κ3) is 5.60. The van der Waals surface area contributed by atoms with E-state index in [0.29, 0.717) is 18.7 Å². The summed E-state index contributed by atoms with van der Waals surface area (Å²) in [4.78, 5) is 28.0. The van der Waals surface area contributed by atoms with Gasteiger partial charge in [-0.15, -0.1) is 0 Å². The number of primary amides is 1. The lowest BCUT2D eigenvalue weighted by molar-refractivity contribution is -0.121. The van der Waals surface area contributed by atoms with E-state index in [4.69, 9.17) is 10.5 Å². The quantitative estimate of drug-likeness (QED) is 0.766. The normalized spacial score (nSPS) is 11.6. The lowest BCUT2D eigenvalue weighted by Crippen LogP contribution is -2.37. The lowest BCUT2D eigenvalue weighted by atomic mass is 9.98. The van der Waals surface area contributed by atoms with Gasteiger partial charge in [-0.1, -0.05) is 18.2 Å². The van der Waals surface area contributed by atoms with Crippen LogP contribution in [0.3, 0.4) is 0 Å². The lowest BCUT2D eigenvalue weighted by Gasteiger charge is -2.15. The highest BCUT2D eigenvalue weighted by atomic mass is 16.5. The Morgan fingerprint density at radius 2 is 1.92 bits per heavy atom. The summed E-state index contributed by atoms with van der Waals surface area (Å²) >= 11 is 0. The highest BCUT2D eigenvalue weighted by Crippen LogP contribution is 2.15. The molecular weight excluding hydrogens is 318 g/mol. The average molecular weight is 341 g/mol. The van der Waals surface area contributed by atoms with Gasteiger partial charge in [0, 0.05) is 12.2 Å². The van der Waals surface area contributed by atoms with Gasteiger partial charge in [-0.25, -0.2) is 4.98 Å². The van der Waals surface area contributed by atoms with Crippen LogP contribution in [0, 0.1) is 12.8 Å². The summed E-state index contributed by atoms with van der Waals surface area (Å²) < 4.78 is 5.40. The molecule has 1 heterocycles. The van der Waals surface area contributed by atoms with E-state index in [1.165, 1.54) is 0 Å². The van der Waals surface area contributed by atoms with E-state index in [2.05, 4.69) is 10.3 Å². The Balaban J connectivity index is 1.96. The standard InChI is InChI=1S/C19H23N3O3/c1-3-25-16-9-7-14(8-10-16)11-15(18(20)23)12-21-19(24)17-6-4-5-13(2)22-17/h4-10,15H,3,11-12H2,1-2H3,(H2,20,23)(H,21,24). The first-order valence-electron chi connectivity index (χ1n) is 8.22. The Bertz CT molecular complexity index is 729. The van der Waals surface area contributed by atoms with Crippen molar-refractivity contribution in [2.75, 3.05) is 13.2 Å². The number of aryl methyl sites for hydroxylation is 1. The van der Waals surface area contributed by atoms with Gasteiger partial charge in [0.05, 0.1) is 12.5 Å². The Labute approximate surface area is 147 Å². The van der Waals surface area contributed by atoms with Crippen LogP contribution in [-0.4, -0.2) is 29.9 Å². The second-order valence-electron chi connectivity index (χ2n) is 5.75. The van der Waals surface area contributed by atoms with Crippen molar-refractivity contribution in [2.24, 2.45) is 11.7 Å². The van der Waals surface area contributed by atoms with Gasteiger partial charge in [-0.2, -0.15) is 0 Å². The zero-order valence-corrected chi connectivity index (χ0v) is 14.5. The molecule has 0 aliphatic heterocycles. The van der Waals surface area contributed by atoms with Gasteiger partial charge >= 0.3 is 0 Å². The Hall–Kier alpha value is -2.89. The molecular formula is C19H23N3O3. The number of aromatic nitrogens is 1. The van der Waals surface area contributed by atoms with Crippen molar-refractivity contribution in [3.8, 4) is 5.75 Å². The molecule has 2 aromatic rings. The van der Waals surface area contributed by atoms with Gasteiger partial charge in [0.25, 0.3) is 5.91 Å². The number of amides is 2. The molecule has 0 radical (unpaired) electrons. The number of nitrogens with one attached hydrogen (secondary N) is 1. The minimum absolute atomic E-state index is 0.164. The third-order valence-electron chi connectivity index (χ3n) is 3.75. The number of benzene rings is 1. The van der Waals surface area contributed by atoms with Crippen molar-refractivity contribution in [3.63, 3.8) is 0 Å². The minimum atomic E-state index is -0.494. The van der Waals surface area contributed by atoms with Crippen molar-refractivity contribution < 1.29 is 14.3 Å². The first kappa shape index (κ1) is 18.4. The fraction of sp³-hybridized carbons (Fsp3) is 0.316. The predicted octanol–water partition coefficient (Wildman–Crippen LogP) is 1.86. The largest absolute Gasteiger partial charge is 0.494 e. The van der Waals surface area contributed by atoms with Crippen molar-refractivity contribution >= 4 is 11.8 Å². The monoisotopic (exact) mass is 341 g/mol. The summed E-state index contributed by atoms with van der Waals surface area (Å²) in [5.74, 6) is -0.486. The van der Waals surface area contributed by atoms with Crippen LogP contribution in [0.2, 0.25) is 0 Å².